The second kappa shape index (κ2) is 8.42. The van der Waals surface area contributed by atoms with E-state index in [1.807, 2.05) is 42.5 Å². The molecule has 0 aliphatic heterocycles. The van der Waals surface area contributed by atoms with Crippen molar-refractivity contribution in [3.05, 3.63) is 102 Å². The molecule has 4 heteroatoms. The molecule has 1 aliphatic carbocycles. The molecule has 0 saturated heterocycles. The van der Waals surface area contributed by atoms with Crippen LogP contribution < -0.4 is 10.6 Å². The highest BCUT2D eigenvalue weighted by Gasteiger charge is 2.39. The van der Waals surface area contributed by atoms with Gasteiger partial charge in [0.25, 0.3) is 0 Å². The first kappa shape index (κ1) is 20.2. The lowest BCUT2D eigenvalue weighted by molar-refractivity contribution is 0.126. The van der Waals surface area contributed by atoms with Crippen LogP contribution in [0.15, 0.2) is 95.4 Å². The molecule has 1 aliphatic rings. The van der Waals surface area contributed by atoms with Crippen molar-refractivity contribution in [2.24, 2.45) is 5.41 Å². The molecule has 1 heterocycles. The Bertz CT molecular complexity index is 1100. The number of aromatic nitrogens is 1. The smallest absolute Gasteiger partial charge is 0.226 e. The molecule has 0 amide bonds. The molecular weight excluding hydrogens is 401 g/mol. The number of nitrogens with zero attached hydrogens (tertiary/aromatic N) is 1. The van der Waals surface area contributed by atoms with Gasteiger partial charge < -0.3 is 8.94 Å². The van der Waals surface area contributed by atoms with Crippen LogP contribution in [0.4, 0.5) is 0 Å². The molecule has 0 fully saturated rings. The fourth-order valence-corrected chi connectivity index (χ4v) is 6.02. The van der Waals surface area contributed by atoms with E-state index in [1.165, 1.54) is 10.6 Å². The van der Waals surface area contributed by atoms with Crippen molar-refractivity contribution in [1.82, 2.24) is 4.98 Å². The maximum absolute atomic E-state index is 6.92. The van der Waals surface area contributed by atoms with E-state index in [1.54, 1.807) is 0 Å². The van der Waals surface area contributed by atoms with E-state index < -0.39 is 8.15 Å². The summed E-state index contributed by atoms with van der Waals surface area (Å²) < 4.78 is 13.2. The van der Waals surface area contributed by atoms with Crippen LogP contribution in [0.3, 0.4) is 0 Å². The maximum atomic E-state index is 6.92. The molecule has 1 aromatic heterocycles. The summed E-state index contributed by atoms with van der Waals surface area (Å²) in [6, 6.07) is 31.2. The molecular formula is C27H26NO2P. The average Bonchev–Trinajstić information content (AvgIpc) is 3.22. The van der Waals surface area contributed by atoms with Gasteiger partial charge in [0.1, 0.15) is 17.6 Å². The van der Waals surface area contributed by atoms with Gasteiger partial charge in [0.2, 0.25) is 5.89 Å². The lowest BCUT2D eigenvalue weighted by atomic mass is 9.77. The zero-order chi connectivity index (χ0) is 21.3. The number of hydrogen-bond acceptors (Lipinski definition) is 3. The van der Waals surface area contributed by atoms with E-state index in [0.29, 0.717) is 5.89 Å². The summed E-state index contributed by atoms with van der Waals surface area (Å²) in [4.78, 5) is 4.93. The van der Waals surface area contributed by atoms with Gasteiger partial charge in [-0.2, -0.15) is 0 Å². The van der Waals surface area contributed by atoms with Crippen LogP contribution in [0.1, 0.15) is 37.8 Å². The van der Waals surface area contributed by atoms with E-state index in [-0.39, 0.29) is 11.5 Å². The minimum Gasteiger partial charge on any atom is -0.441 e. The number of rotatable bonds is 5. The Kier molecular flexibility index (Phi) is 5.48. The number of benzene rings is 3. The molecule has 1 atom stereocenters. The molecule has 0 saturated carbocycles. The van der Waals surface area contributed by atoms with Gasteiger partial charge >= 0.3 is 0 Å². The van der Waals surface area contributed by atoms with Gasteiger partial charge in [-0.25, -0.2) is 4.98 Å². The first-order valence-corrected chi connectivity index (χ1v) is 12.0. The Morgan fingerprint density at radius 1 is 0.839 bits per heavy atom. The quantitative estimate of drug-likeness (QED) is 0.345. The van der Waals surface area contributed by atoms with Crippen LogP contribution in [0.5, 0.6) is 0 Å². The zero-order valence-corrected chi connectivity index (χ0v) is 18.8. The van der Waals surface area contributed by atoms with Crippen LogP contribution in [0.2, 0.25) is 0 Å². The molecule has 1 unspecified atom stereocenters. The molecule has 0 radical (unpaired) electrons. The molecule has 156 valence electrons. The summed E-state index contributed by atoms with van der Waals surface area (Å²) in [5.74, 6) is 1.64. The Balaban J connectivity index is 1.54. The van der Waals surface area contributed by atoms with Crippen LogP contribution in [0, 0.1) is 5.41 Å². The third-order valence-electron chi connectivity index (χ3n) is 5.64. The van der Waals surface area contributed by atoms with Crippen LogP contribution >= 0.6 is 8.15 Å². The molecule has 0 spiro atoms. The third kappa shape index (κ3) is 4.35. The molecule has 3 nitrogen and oxygen atoms in total. The standard InChI is InChI=1S/C27H26NO2P/c1-27(2)18-23-25(28-26(29-23)20-12-6-3-7-13-20)24(19-27)30-31(21-14-8-4-9-15-21)22-16-10-5-11-17-22/h3-17,24H,18-19H2,1-2H3. The Morgan fingerprint density at radius 2 is 1.39 bits per heavy atom. The second-order valence-electron chi connectivity index (χ2n) is 8.80. The van der Waals surface area contributed by atoms with Crippen LogP contribution in [0.25, 0.3) is 11.5 Å². The van der Waals surface area contributed by atoms with Gasteiger partial charge in [0.05, 0.1) is 8.15 Å². The van der Waals surface area contributed by atoms with Gasteiger partial charge in [-0.15, -0.1) is 0 Å². The molecule has 31 heavy (non-hydrogen) atoms. The normalized spacial score (nSPS) is 17.5. The van der Waals surface area contributed by atoms with Gasteiger partial charge in [-0.1, -0.05) is 92.7 Å². The van der Waals surface area contributed by atoms with Crippen molar-refractivity contribution in [2.75, 3.05) is 0 Å². The summed E-state index contributed by atoms with van der Waals surface area (Å²) in [7, 11) is -0.966. The van der Waals surface area contributed by atoms with Gasteiger partial charge in [0.15, 0.2) is 0 Å². The fraction of sp³-hybridized carbons (Fsp3) is 0.222. The SMILES string of the molecule is CC1(C)Cc2oc(-c3ccccc3)nc2C(OP(c2ccccc2)c2ccccc2)C1. The first-order valence-electron chi connectivity index (χ1n) is 10.7. The largest absolute Gasteiger partial charge is 0.441 e. The van der Waals surface area contributed by atoms with Crippen LogP contribution in [-0.4, -0.2) is 4.98 Å². The highest BCUT2D eigenvalue weighted by molar-refractivity contribution is 7.68. The van der Waals surface area contributed by atoms with Gasteiger partial charge in [-0.05, 0) is 24.0 Å². The highest BCUT2D eigenvalue weighted by atomic mass is 31.1. The van der Waals surface area contributed by atoms with E-state index in [2.05, 4.69) is 62.4 Å². The summed E-state index contributed by atoms with van der Waals surface area (Å²) in [5.41, 5.74) is 2.04. The Hall–Kier alpha value is -2.74. The monoisotopic (exact) mass is 427 g/mol. The van der Waals surface area contributed by atoms with Crippen molar-refractivity contribution in [2.45, 2.75) is 32.8 Å². The number of oxazole rings is 1. The summed E-state index contributed by atoms with van der Waals surface area (Å²) in [6.07, 6.45) is 1.68. The third-order valence-corrected chi connectivity index (χ3v) is 7.64. The van der Waals surface area contributed by atoms with Crippen molar-refractivity contribution in [1.29, 1.82) is 0 Å². The Labute approximate surface area is 185 Å². The van der Waals surface area contributed by atoms with E-state index >= 15 is 0 Å². The minimum absolute atomic E-state index is 0.0829. The number of hydrogen-bond donors (Lipinski definition) is 0. The predicted molar refractivity (Wildman–Crippen MR) is 127 cm³/mol. The fourth-order valence-electron chi connectivity index (χ4n) is 4.16. The molecule has 3 aromatic carbocycles. The topological polar surface area (TPSA) is 35.3 Å². The van der Waals surface area contributed by atoms with E-state index in [4.69, 9.17) is 13.9 Å². The Morgan fingerprint density at radius 3 is 1.97 bits per heavy atom. The predicted octanol–water partition coefficient (Wildman–Crippen LogP) is 6.42. The lowest BCUT2D eigenvalue weighted by Gasteiger charge is -2.35. The number of fused-ring (bicyclic) bond motifs is 1. The van der Waals surface area contributed by atoms with E-state index in [0.717, 1.165) is 29.9 Å². The molecule has 4 aromatic rings. The molecule has 0 bridgehead atoms. The first-order chi connectivity index (χ1) is 15.1. The van der Waals surface area contributed by atoms with Gasteiger partial charge in [-0.3, -0.25) is 0 Å². The van der Waals surface area contributed by atoms with Gasteiger partial charge in [0, 0.05) is 22.6 Å². The van der Waals surface area contributed by atoms with Crippen molar-refractivity contribution >= 4 is 18.8 Å². The maximum Gasteiger partial charge on any atom is 0.226 e. The lowest BCUT2D eigenvalue weighted by Crippen LogP contribution is -2.27. The zero-order valence-electron chi connectivity index (χ0n) is 17.9. The molecule has 5 rings (SSSR count). The molecule has 0 N–H and O–H groups in total. The summed E-state index contributed by atoms with van der Waals surface area (Å²) in [6.45, 7) is 4.56. The highest BCUT2D eigenvalue weighted by Crippen LogP contribution is 2.49. The summed E-state index contributed by atoms with van der Waals surface area (Å²) in [5, 5.41) is 2.42. The van der Waals surface area contributed by atoms with Crippen molar-refractivity contribution < 1.29 is 8.94 Å². The van der Waals surface area contributed by atoms with Crippen molar-refractivity contribution in [3.8, 4) is 11.5 Å². The minimum atomic E-state index is -0.966. The van der Waals surface area contributed by atoms with Crippen LogP contribution in [-0.2, 0) is 10.9 Å². The second-order valence-corrected chi connectivity index (χ2v) is 10.6. The van der Waals surface area contributed by atoms with Crippen molar-refractivity contribution in [3.63, 3.8) is 0 Å². The average molecular weight is 427 g/mol. The van der Waals surface area contributed by atoms with E-state index in [9.17, 15) is 0 Å². The summed E-state index contributed by atoms with van der Waals surface area (Å²) >= 11 is 0.